The Bertz CT molecular complexity index is 576. The highest BCUT2D eigenvalue weighted by atomic mass is 19.1. The van der Waals surface area contributed by atoms with Crippen LogP contribution in [0.2, 0.25) is 0 Å². The topological polar surface area (TPSA) is 38.7 Å². The average Bonchev–Trinajstić information content (AvgIpc) is 2.46. The summed E-state index contributed by atoms with van der Waals surface area (Å²) in [6, 6.07) is 9.14. The molecule has 2 rings (SSSR count). The first-order valence-electron chi connectivity index (χ1n) is 5.99. The minimum atomic E-state index is -0.844. The molecule has 0 atom stereocenters. The third-order valence-electron chi connectivity index (χ3n) is 2.81. The Morgan fingerprint density at radius 1 is 1.10 bits per heavy atom. The van der Waals surface area contributed by atoms with Gasteiger partial charge in [-0.15, -0.1) is 0 Å². The molecule has 2 aromatic carbocycles. The molecule has 2 aromatic rings. The van der Waals surface area contributed by atoms with Crippen LogP contribution in [0.4, 0.5) is 8.78 Å². The Hall–Kier alpha value is -2.14. The zero-order valence-corrected chi connectivity index (χ0v) is 10.9. The molecular formula is C15H14F2O3. The number of aliphatic hydroxyl groups is 1. The minimum Gasteiger partial charge on any atom is -0.496 e. The highest BCUT2D eigenvalue weighted by Gasteiger charge is 2.13. The molecule has 3 nitrogen and oxygen atoms in total. The van der Waals surface area contributed by atoms with Crippen LogP contribution in [0, 0.1) is 11.6 Å². The van der Waals surface area contributed by atoms with Crippen LogP contribution in [0.1, 0.15) is 11.1 Å². The molecule has 0 saturated carbocycles. The molecule has 0 radical (unpaired) electrons. The number of hydrogen-bond donors (Lipinski definition) is 1. The fourth-order valence-electron chi connectivity index (χ4n) is 1.81. The van der Waals surface area contributed by atoms with Crippen LogP contribution in [-0.4, -0.2) is 12.2 Å². The van der Waals surface area contributed by atoms with Crippen molar-refractivity contribution >= 4 is 0 Å². The number of benzene rings is 2. The van der Waals surface area contributed by atoms with Gasteiger partial charge in [0.05, 0.1) is 13.7 Å². The molecule has 5 heteroatoms. The molecule has 0 amide bonds. The van der Waals surface area contributed by atoms with E-state index in [1.807, 2.05) is 0 Å². The van der Waals surface area contributed by atoms with Crippen molar-refractivity contribution in [2.45, 2.75) is 13.2 Å². The van der Waals surface area contributed by atoms with Gasteiger partial charge in [0.2, 0.25) is 0 Å². The molecule has 0 heterocycles. The lowest BCUT2D eigenvalue weighted by Crippen LogP contribution is -2.02. The van der Waals surface area contributed by atoms with E-state index in [0.717, 1.165) is 12.1 Å². The highest BCUT2D eigenvalue weighted by Crippen LogP contribution is 2.26. The Morgan fingerprint density at radius 2 is 1.75 bits per heavy atom. The molecule has 0 bridgehead atoms. The van der Waals surface area contributed by atoms with E-state index in [1.54, 1.807) is 24.3 Å². The molecule has 0 aliphatic rings. The summed E-state index contributed by atoms with van der Waals surface area (Å²) in [6.07, 6.45) is 0. The summed E-state index contributed by atoms with van der Waals surface area (Å²) in [6.45, 7) is -0.447. The summed E-state index contributed by atoms with van der Waals surface area (Å²) < 4.78 is 37.7. The third kappa shape index (κ3) is 3.05. The van der Waals surface area contributed by atoms with Crippen LogP contribution in [0.15, 0.2) is 36.4 Å². The van der Waals surface area contributed by atoms with Crippen molar-refractivity contribution in [1.29, 1.82) is 0 Å². The second-order valence-electron chi connectivity index (χ2n) is 4.15. The smallest absolute Gasteiger partial charge is 0.191 e. The van der Waals surface area contributed by atoms with Gasteiger partial charge in [-0.25, -0.2) is 8.78 Å². The molecule has 0 unspecified atom stereocenters. The zero-order valence-electron chi connectivity index (χ0n) is 10.9. The van der Waals surface area contributed by atoms with Crippen LogP contribution in [0.5, 0.6) is 11.5 Å². The molecule has 0 fully saturated rings. The lowest BCUT2D eigenvalue weighted by Gasteiger charge is -2.12. The van der Waals surface area contributed by atoms with Crippen molar-refractivity contribution in [3.05, 3.63) is 59.2 Å². The minimum absolute atomic E-state index is 0.0175. The number of methoxy groups -OCH3 is 1. The standard InChI is InChI=1S/C15H14F2O3/c1-19-14-5-3-2-4-11(14)9-20-15-12(16)6-10(8-18)7-13(15)17/h2-7,18H,8-9H2,1H3. The molecule has 0 spiro atoms. The number of rotatable bonds is 5. The quantitative estimate of drug-likeness (QED) is 0.915. The molecule has 0 aliphatic carbocycles. The van der Waals surface area contributed by atoms with Gasteiger partial charge in [0, 0.05) is 5.56 Å². The molecule has 106 valence electrons. The molecule has 0 aromatic heterocycles. The number of ether oxygens (including phenoxy) is 2. The van der Waals surface area contributed by atoms with E-state index in [4.69, 9.17) is 14.6 Å². The summed E-state index contributed by atoms with van der Waals surface area (Å²) in [5.74, 6) is -1.57. The van der Waals surface area contributed by atoms with Gasteiger partial charge in [0.15, 0.2) is 17.4 Å². The summed E-state index contributed by atoms with van der Waals surface area (Å²) in [5.41, 5.74) is 0.838. The van der Waals surface area contributed by atoms with Crippen LogP contribution in [0.25, 0.3) is 0 Å². The highest BCUT2D eigenvalue weighted by molar-refractivity contribution is 5.35. The van der Waals surface area contributed by atoms with Gasteiger partial charge >= 0.3 is 0 Å². The van der Waals surface area contributed by atoms with Gasteiger partial charge in [-0.2, -0.15) is 0 Å². The predicted octanol–water partition coefficient (Wildman–Crippen LogP) is 3.04. The first-order valence-corrected chi connectivity index (χ1v) is 5.99. The van der Waals surface area contributed by atoms with Gasteiger partial charge in [-0.3, -0.25) is 0 Å². The maximum absolute atomic E-state index is 13.7. The van der Waals surface area contributed by atoms with Crippen molar-refractivity contribution in [3.63, 3.8) is 0 Å². The first kappa shape index (κ1) is 14.3. The van der Waals surface area contributed by atoms with Gasteiger partial charge in [0.25, 0.3) is 0 Å². The SMILES string of the molecule is COc1ccccc1COc1c(F)cc(CO)cc1F. The number of halogens is 2. The number of hydrogen-bond acceptors (Lipinski definition) is 3. The lowest BCUT2D eigenvalue weighted by atomic mass is 10.2. The molecule has 20 heavy (non-hydrogen) atoms. The van der Waals surface area contributed by atoms with Crippen LogP contribution < -0.4 is 9.47 Å². The fraction of sp³-hybridized carbons (Fsp3) is 0.200. The van der Waals surface area contributed by atoms with Crippen LogP contribution in [-0.2, 0) is 13.2 Å². The van der Waals surface area contributed by atoms with E-state index in [1.165, 1.54) is 7.11 Å². The molecule has 1 N–H and O–H groups in total. The average molecular weight is 280 g/mol. The van der Waals surface area contributed by atoms with E-state index in [-0.39, 0.29) is 12.2 Å². The lowest BCUT2D eigenvalue weighted by molar-refractivity contribution is 0.262. The number of aliphatic hydroxyl groups excluding tert-OH is 1. The Morgan fingerprint density at radius 3 is 2.35 bits per heavy atom. The molecule has 0 aliphatic heterocycles. The second kappa shape index (κ2) is 6.34. The van der Waals surface area contributed by atoms with E-state index >= 15 is 0 Å². The van der Waals surface area contributed by atoms with E-state index in [9.17, 15) is 8.78 Å². The first-order chi connectivity index (χ1) is 9.65. The largest absolute Gasteiger partial charge is 0.496 e. The van der Waals surface area contributed by atoms with E-state index in [0.29, 0.717) is 11.3 Å². The van der Waals surface area contributed by atoms with Gasteiger partial charge in [-0.1, -0.05) is 18.2 Å². The van der Waals surface area contributed by atoms with Crippen molar-refractivity contribution < 1.29 is 23.4 Å². The Kier molecular flexibility index (Phi) is 4.53. The van der Waals surface area contributed by atoms with Crippen molar-refractivity contribution in [2.75, 3.05) is 7.11 Å². The third-order valence-corrected chi connectivity index (χ3v) is 2.81. The normalized spacial score (nSPS) is 10.4. The fourth-order valence-corrected chi connectivity index (χ4v) is 1.81. The number of para-hydroxylation sites is 1. The van der Waals surface area contributed by atoms with E-state index in [2.05, 4.69) is 0 Å². The zero-order chi connectivity index (χ0) is 14.5. The Labute approximate surface area is 115 Å². The van der Waals surface area contributed by atoms with Crippen molar-refractivity contribution in [2.24, 2.45) is 0 Å². The maximum atomic E-state index is 13.7. The molecule has 0 saturated heterocycles. The van der Waals surface area contributed by atoms with E-state index < -0.39 is 24.0 Å². The summed E-state index contributed by atoms with van der Waals surface area (Å²) in [5, 5.41) is 8.86. The van der Waals surface area contributed by atoms with Gasteiger partial charge in [0.1, 0.15) is 12.4 Å². The maximum Gasteiger partial charge on any atom is 0.191 e. The van der Waals surface area contributed by atoms with Crippen molar-refractivity contribution in [1.82, 2.24) is 0 Å². The monoisotopic (exact) mass is 280 g/mol. The summed E-state index contributed by atoms with van der Waals surface area (Å²) >= 11 is 0. The Balaban J connectivity index is 2.19. The van der Waals surface area contributed by atoms with Crippen LogP contribution >= 0.6 is 0 Å². The molecular weight excluding hydrogens is 266 g/mol. The summed E-state index contributed by atoms with van der Waals surface area (Å²) in [4.78, 5) is 0. The van der Waals surface area contributed by atoms with Gasteiger partial charge in [-0.05, 0) is 23.8 Å². The van der Waals surface area contributed by atoms with Gasteiger partial charge < -0.3 is 14.6 Å². The predicted molar refractivity (Wildman–Crippen MR) is 69.6 cm³/mol. The second-order valence-corrected chi connectivity index (χ2v) is 4.15. The van der Waals surface area contributed by atoms with Crippen LogP contribution in [0.3, 0.4) is 0 Å². The summed E-state index contributed by atoms with van der Waals surface area (Å²) in [7, 11) is 1.51. The van der Waals surface area contributed by atoms with Crippen molar-refractivity contribution in [3.8, 4) is 11.5 Å².